The Balaban J connectivity index is 1.36. The summed E-state index contributed by atoms with van der Waals surface area (Å²) in [7, 11) is 1.86. The van der Waals surface area contributed by atoms with Crippen LogP contribution in [0.3, 0.4) is 0 Å². The summed E-state index contributed by atoms with van der Waals surface area (Å²) in [6, 6.07) is 7.02. The summed E-state index contributed by atoms with van der Waals surface area (Å²) in [5, 5.41) is 11.6. The number of aromatic nitrogens is 6. The maximum absolute atomic E-state index is 13.2. The summed E-state index contributed by atoms with van der Waals surface area (Å²) in [6.07, 6.45) is -0.891. The van der Waals surface area contributed by atoms with Gasteiger partial charge in [0.1, 0.15) is 17.3 Å². The lowest BCUT2D eigenvalue weighted by atomic mass is 10.0. The van der Waals surface area contributed by atoms with Crippen molar-refractivity contribution in [3.8, 4) is 0 Å². The number of nitrogens with one attached hydrogen (secondary N) is 3. The highest BCUT2D eigenvalue weighted by Crippen LogP contribution is 2.35. The van der Waals surface area contributed by atoms with Crippen molar-refractivity contribution in [1.29, 1.82) is 0 Å². The quantitative estimate of drug-likeness (QED) is 0.363. The van der Waals surface area contributed by atoms with Crippen LogP contribution in [0.2, 0.25) is 0 Å². The van der Waals surface area contributed by atoms with Crippen molar-refractivity contribution < 1.29 is 17.9 Å². The number of alkyl halides is 3. The topological polar surface area (TPSA) is 109 Å². The van der Waals surface area contributed by atoms with E-state index in [0.29, 0.717) is 35.9 Å². The zero-order chi connectivity index (χ0) is 26.4. The third kappa shape index (κ3) is 4.53. The van der Waals surface area contributed by atoms with Crippen LogP contribution in [0.4, 0.5) is 24.5 Å². The number of aromatic amines is 1. The fraction of sp³-hybridized carbons (Fsp3) is 0.360. The molecule has 2 aliphatic rings. The van der Waals surface area contributed by atoms with Crippen molar-refractivity contribution in [2.45, 2.75) is 25.2 Å². The van der Waals surface area contributed by atoms with Crippen LogP contribution in [-0.4, -0.2) is 68.2 Å². The fourth-order valence-electron chi connectivity index (χ4n) is 4.81. The number of rotatable bonds is 5. The van der Waals surface area contributed by atoms with E-state index >= 15 is 0 Å². The number of fused-ring (bicyclic) bond motifs is 2. The molecule has 0 amide bonds. The van der Waals surface area contributed by atoms with Crippen molar-refractivity contribution in [3.05, 3.63) is 60.2 Å². The standard InChI is InChI=1S/C25H26F3N9O/c1-14(23-29-6-3-7-30-23)32-21-16(11-31-19-12-36(2)35-22(19)21)24-33-17-5-4-15(10-18(17)34-24)37-8-9-38-20(13-37)25(26,27)28/h3-7,10,12,14,20,31-32H,8-9,11,13H2,1-2H3,(H,33,34)/t14-,20-/m0/s1. The highest BCUT2D eigenvalue weighted by atomic mass is 19.4. The van der Waals surface area contributed by atoms with Gasteiger partial charge in [-0.2, -0.15) is 18.3 Å². The number of benzene rings is 1. The van der Waals surface area contributed by atoms with E-state index in [1.54, 1.807) is 34.1 Å². The number of anilines is 2. The van der Waals surface area contributed by atoms with Gasteiger partial charge in [-0.25, -0.2) is 15.0 Å². The maximum Gasteiger partial charge on any atom is 0.416 e. The maximum atomic E-state index is 13.2. The van der Waals surface area contributed by atoms with E-state index in [0.717, 1.165) is 28.2 Å². The fourth-order valence-corrected chi connectivity index (χ4v) is 4.81. The third-order valence-electron chi connectivity index (χ3n) is 6.70. The van der Waals surface area contributed by atoms with Crippen molar-refractivity contribution >= 4 is 33.7 Å². The van der Waals surface area contributed by atoms with Crippen molar-refractivity contribution in [3.63, 3.8) is 0 Å². The van der Waals surface area contributed by atoms with E-state index in [-0.39, 0.29) is 19.2 Å². The molecule has 0 radical (unpaired) electrons. The lowest BCUT2D eigenvalue weighted by molar-refractivity contribution is -0.221. The Morgan fingerprint density at radius 2 is 2.03 bits per heavy atom. The first kappa shape index (κ1) is 24.2. The molecule has 4 aromatic rings. The average Bonchev–Trinajstić information content (AvgIpc) is 3.51. The monoisotopic (exact) mass is 525 g/mol. The molecule has 2 aliphatic heterocycles. The molecule has 0 aliphatic carbocycles. The average molecular weight is 526 g/mol. The summed E-state index contributed by atoms with van der Waals surface area (Å²) in [5.74, 6) is 1.28. The SMILES string of the molecule is C[C@H](NC1=C(c2nc3ccc(N4CCO[C@H](C(F)(F)F)C4)cc3[nH]2)CNc2cn(C)nc21)c1ncccn1. The van der Waals surface area contributed by atoms with Crippen LogP contribution in [0, 0.1) is 0 Å². The van der Waals surface area contributed by atoms with Gasteiger partial charge in [-0.1, -0.05) is 0 Å². The van der Waals surface area contributed by atoms with Gasteiger partial charge in [0.2, 0.25) is 0 Å². The van der Waals surface area contributed by atoms with E-state index in [9.17, 15) is 13.2 Å². The van der Waals surface area contributed by atoms with E-state index in [4.69, 9.17) is 9.72 Å². The smallest absolute Gasteiger partial charge is 0.378 e. The number of hydrogen-bond donors (Lipinski definition) is 3. The Kier molecular flexibility index (Phi) is 5.94. The molecule has 6 rings (SSSR count). The second kappa shape index (κ2) is 9.31. The zero-order valence-electron chi connectivity index (χ0n) is 20.8. The normalized spacial score (nSPS) is 18.9. The Labute approximate surface area is 215 Å². The minimum atomic E-state index is -4.40. The predicted molar refractivity (Wildman–Crippen MR) is 136 cm³/mol. The van der Waals surface area contributed by atoms with E-state index in [1.807, 2.05) is 32.3 Å². The van der Waals surface area contributed by atoms with Crippen LogP contribution < -0.4 is 15.5 Å². The Hall–Kier alpha value is -4.13. The molecule has 1 aromatic carbocycles. The molecular weight excluding hydrogens is 499 g/mol. The van der Waals surface area contributed by atoms with Crippen LogP contribution in [0.5, 0.6) is 0 Å². The Bertz CT molecular complexity index is 1500. The largest absolute Gasteiger partial charge is 0.416 e. The summed E-state index contributed by atoms with van der Waals surface area (Å²) in [6.45, 7) is 2.61. The Morgan fingerprint density at radius 3 is 2.82 bits per heavy atom. The summed E-state index contributed by atoms with van der Waals surface area (Å²) in [4.78, 5) is 18.6. The molecule has 0 unspecified atom stereocenters. The van der Waals surface area contributed by atoms with E-state index in [2.05, 4.69) is 30.7 Å². The number of halogens is 3. The van der Waals surface area contributed by atoms with Crippen LogP contribution in [0.15, 0.2) is 42.9 Å². The lowest BCUT2D eigenvalue weighted by Gasteiger charge is -2.35. The highest BCUT2D eigenvalue weighted by molar-refractivity contribution is 5.96. The molecule has 10 nitrogen and oxygen atoms in total. The molecule has 2 atom stereocenters. The molecule has 3 N–H and O–H groups in total. The van der Waals surface area contributed by atoms with Crippen LogP contribution in [0.25, 0.3) is 22.3 Å². The molecule has 5 heterocycles. The van der Waals surface area contributed by atoms with Crippen LogP contribution in [0.1, 0.15) is 30.3 Å². The molecule has 0 spiro atoms. The van der Waals surface area contributed by atoms with Gasteiger partial charge >= 0.3 is 6.18 Å². The van der Waals surface area contributed by atoms with Gasteiger partial charge < -0.3 is 25.3 Å². The van der Waals surface area contributed by atoms with Gasteiger partial charge in [0.05, 0.1) is 41.6 Å². The van der Waals surface area contributed by atoms with E-state index in [1.165, 1.54) is 0 Å². The summed E-state index contributed by atoms with van der Waals surface area (Å²) < 4.78 is 46.4. The van der Waals surface area contributed by atoms with Crippen molar-refractivity contribution in [2.75, 3.05) is 36.5 Å². The van der Waals surface area contributed by atoms with Crippen molar-refractivity contribution in [1.82, 2.24) is 35.0 Å². The molecule has 13 heteroatoms. The highest BCUT2D eigenvalue weighted by Gasteiger charge is 2.43. The molecule has 0 saturated carbocycles. The second-order valence-corrected chi connectivity index (χ2v) is 9.38. The number of ether oxygens (including phenoxy) is 1. The van der Waals surface area contributed by atoms with Gasteiger partial charge in [0, 0.05) is 50.0 Å². The van der Waals surface area contributed by atoms with Crippen LogP contribution in [-0.2, 0) is 11.8 Å². The number of H-pyrrole nitrogens is 1. The Morgan fingerprint density at radius 1 is 1.21 bits per heavy atom. The molecular formula is C25H26F3N9O. The van der Waals surface area contributed by atoms with E-state index < -0.39 is 12.3 Å². The molecule has 0 bridgehead atoms. The minimum Gasteiger partial charge on any atom is -0.378 e. The number of morpholine rings is 1. The summed E-state index contributed by atoms with van der Waals surface area (Å²) >= 11 is 0. The van der Waals surface area contributed by atoms with Gasteiger partial charge in [-0.3, -0.25) is 4.68 Å². The first-order chi connectivity index (χ1) is 18.3. The molecule has 3 aromatic heterocycles. The molecule has 38 heavy (non-hydrogen) atoms. The number of nitrogens with zero attached hydrogens (tertiary/aromatic N) is 6. The summed E-state index contributed by atoms with van der Waals surface area (Å²) in [5.41, 5.74) is 5.45. The minimum absolute atomic E-state index is 0.0136. The zero-order valence-corrected chi connectivity index (χ0v) is 20.8. The number of imidazole rings is 1. The van der Waals surface area contributed by atoms with Crippen molar-refractivity contribution in [2.24, 2.45) is 7.05 Å². The second-order valence-electron chi connectivity index (χ2n) is 9.38. The van der Waals surface area contributed by atoms with Gasteiger partial charge in [0.15, 0.2) is 6.10 Å². The van der Waals surface area contributed by atoms with Crippen LogP contribution >= 0.6 is 0 Å². The molecule has 1 fully saturated rings. The molecule has 1 saturated heterocycles. The predicted octanol–water partition coefficient (Wildman–Crippen LogP) is 3.50. The number of aryl methyl sites for hydroxylation is 1. The third-order valence-corrected chi connectivity index (χ3v) is 6.70. The first-order valence-electron chi connectivity index (χ1n) is 12.2. The van der Waals surface area contributed by atoms with Gasteiger partial charge in [0.25, 0.3) is 0 Å². The number of hydrogen-bond acceptors (Lipinski definition) is 8. The van der Waals surface area contributed by atoms with Gasteiger partial charge in [-0.05, 0) is 31.2 Å². The van der Waals surface area contributed by atoms with Gasteiger partial charge in [-0.15, -0.1) is 0 Å². The molecule has 198 valence electrons. The first-order valence-corrected chi connectivity index (χ1v) is 12.2. The lowest BCUT2D eigenvalue weighted by Crippen LogP contribution is -2.49.